The quantitative estimate of drug-likeness (QED) is 0.687. The lowest BCUT2D eigenvalue weighted by Gasteiger charge is -2.12. The fraction of sp³-hybridized carbons (Fsp3) is 0.692. The number of nitrogens with two attached hydrogens (primary N) is 1. The number of anilines is 2. The first-order valence-electron chi connectivity index (χ1n) is 6.74. The van der Waals surface area contributed by atoms with Crippen LogP contribution in [0.15, 0.2) is 0 Å². The van der Waals surface area contributed by atoms with E-state index in [9.17, 15) is 4.79 Å². The van der Waals surface area contributed by atoms with Gasteiger partial charge < -0.3 is 16.4 Å². The highest BCUT2D eigenvalue weighted by Crippen LogP contribution is 2.25. The van der Waals surface area contributed by atoms with Crippen molar-refractivity contribution in [1.29, 1.82) is 0 Å². The summed E-state index contributed by atoms with van der Waals surface area (Å²) in [7, 11) is 0. The van der Waals surface area contributed by atoms with E-state index in [0.717, 1.165) is 18.7 Å². The van der Waals surface area contributed by atoms with Gasteiger partial charge in [0.05, 0.1) is 0 Å². The Bertz CT molecular complexity index is 434. The number of nitrogen functional groups attached to an aromatic ring is 1. The van der Waals surface area contributed by atoms with Crippen LogP contribution >= 0.6 is 23.1 Å². The molecular formula is C13H24N4OS2. The van der Waals surface area contributed by atoms with E-state index in [-0.39, 0.29) is 11.9 Å². The molecule has 1 aromatic rings. The molecule has 1 atom stereocenters. The summed E-state index contributed by atoms with van der Waals surface area (Å²) in [5, 5.41) is 6.86. The van der Waals surface area contributed by atoms with Gasteiger partial charge in [0.2, 0.25) is 0 Å². The number of nitrogens with zero attached hydrogens (tertiary/aromatic N) is 1. The molecule has 0 aliphatic rings. The van der Waals surface area contributed by atoms with Gasteiger partial charge in [-0.25, -0.2) is 4.98 Å². The lowest BCUT2D eigenvalue weighted by Crippen LogP contribution is -2.32. The number of rotatable bonds is 8. The third kappa shape index (κ3) is 5.58. The minimum absolute atomic E-state index is 0.133. The highest BCUT2D eigenvalue weighted by atomic mass is 32.2. The number of hydrogen-bond acceptors (Lipinski definition) is 6. The summed E-state index contributed by atoms with van der Waals surface area (Å²) in [6.45, 7) is 7.05. The monoisotopic (exact) mass is 316 g/mol. The Morgan fingerprint density at radius 1 is 1.45 bits per heavy atom. The van der Waals surface area contributed by atoms with Crippen LogP contribution in [0.2, 0.25) is 0 Å². The van der Waals surface area contributed by atoms with E-state index in [4.69, 9.17) is 5.73 Å². The molecule has 0 aromatic carbocycles. The first-order valence-corrected chi connectivity index (χ1v) is 8.95. The maximum Gasteiger partial charge on any atom is 0.265 e. The van der Waals surface area contributed by atoms with Crippen molar-refractivity contribution in [1.82, 2.24) is 10.3 Å². The highest BCUT2D eigenvalue weighted by molar-refractivity contribution is 7.98. The van der Waals surface area contributed by atoms with E-state index in [2.05, 4.69) is 35.7 Å². The fourth-order valence-corrected chi connectivity index (χ4v) is 2.90. The molecule has 114 valence electrons. The van der Waals surface area contributed by atoms with Crippen molar-refractivity contribution in [3.63, 3.8) is 0 Å². The maximum absolute atomic E-state index is 12.1. The van der Waals surface area contributed by atoms with Crippen LogP contribution in [0.1, 0.15) is 36.9 Å². The molecular weight excluding hydrogens is 292 g/mol. The van der Waals surface area contributed by atoms with E-state index in [0.29, 0.717) is 21.7 Å². The number of amides is 1. The molecule has 4 N–H and O–H groups in total. The number of carbonyl (C=O) groups is 1. The smallest absolute Gasteiger partial charge is 0.265 e. The van der Waals surface area contributed by atoms with Gasteiger partial charge in [-0.1, -0.05) is 25.2 Å². The molecule has 0 aliphatic heterocycles. The standard InChI is InChI=1S/C13H24N4OS2/c1-8(2)7-15-13-17-11(14)10(20-13)12(18)16-9(3)5-6-19-4/h8-9H,5-7,14H2,1-4H3,(H,15,17)(H,16,18). The second-order valence-electron chi connectivity index (χ2n) is 5.16. The molecule has 0 aliphatic carbocycles. The van der Waals surface area contributed by atoms with Crippen molar-refractivity contribution < 1.29 is 4.79 Å². The predicted octanol–water partition coefficient (Wildman–Crippen LogP) is 2.66. The van der Waals surface area contributed by atoms with Gasteiger partial charge in [0.25, 0.3) is 5.91 Å². The van der Waals surface area contributed by atoms with Gasteiger partial charge in [-0.05, 0) is 31.3 Å². The second-order valence-corrected chi connectivity index (χ2v) is 7.15. The minimum Gasteiger partial charge on any atom is -0.382 e. The molecule has 7 heteroatoms. The summed E-state index contributed by atoms with van der Waals surface area (Å²) in [5.74, 6) is 1.71. The Kier molecular flexibility index (Phi) is 7.15. The Balaban J connectivity index is 2.59. The number of nitrogens with one attached hydrogen (secondary N) is 2. The van der Waals surface area contributed by atoms with Gasteiger partial charge >= 0.3 is 0 Å². The fourth-order valence-electron chi connectivity index (χ4n) is 1.52. The van der Waals surface area contributed by atoms with Gasteiger partial charge in [-0.15, -0.1) is 0 Å². The van der Waals surface area contributed by atoms with Crippen LogP contribution < -0.4 is 16.4 Å². The zero-order valence-corrected chi connectivity index (χ0v) is 14.2. The molecule has 0 saturated carbocycles. The summed E-state index contributed by atoms with van der Waals surface area (Å²) in [6, 6.07) is 0.142. The molecule has 0 saturated heterocycles. The summed E-state index contributed by atoms with van der Waals surface area (Å²) in [5.41, 5.74) is 5.82. The first kappa shape index (κ1) is 17.1. The number of carbonyl (C=O) groups excluding carboxylic acids is 1. The normalized spacial score (nSPS) is 12.4. The van der Waals surface area contributed by atoms with Crippen LogP contribution in [0.4, 0.5) is 10.9 Å². The zero-order valence-electron chi connectivity index (χ0n) is 12.5. The number of thioether (sulfide) groups is 1. The SMILES string of the molecule is CSCCC(C)NC(=O)c1sc(NCC(C)C)nc1N. The molecule has 1 heterocycles. The molecule has 1 aromatic heterocycles. The Hall–Kier alpha value is -0.950. The summed E-state index contributed by atoms with van der Waals surface area (Å²) in [6.07, 6.45) is 3.01. The molecule has 1 rings (SSSR count). The molecule has 0 bridgehead atoms. The molecule has 0 spiro atoms. The van der Waals surface area contributed by atoms with Gasteiger partial charge in [-0.3, -0.25) is 4.79 Å². The predicted molar refractivity (Wildman–Crippen MR) is 89.8 cm³/mol. The van der Waals surface area contributed by atoms with E-state index in [1.54, 1.807) is 11.8 Å². The summed E-state index contributed by atoms with van der Waals surface area (Å²) in [4.78, 5) is 16.8. The van der Waals surface area contributed by atoms with Crippen LogP contribution in [-0.2, 0) is 0 Å². The average molecular weight is 316 g/mol. The third-order valence-electron chi connectivity index (χ3n) is 2.65. The van der Waals surface area contributed by atoms with Crippen molar-refractivity contribution in [2.45, 2.75) is 33.2 Å². The zero-order chi connectivity index (χ0) is 15.1. The van der Waals surface area contributed by atoms with E-state index >= 15 is 0 Å². The molecule has 1 amide bonds. The summed E-state index contributed by atoms with van der Waals surface area (Å²) < 4.78 is 0. The number of hydrogen-bond donors (Lipinski definition) is 3. The van der Waals surface area contributed by atoms with Gasteiger partial charge in [0, 0.05) is 12.6 Å². The van der Waals surface area contributed by atoms with Gasteiger partial charge in [0.15, 0.2) is 5.13 Å². The van der Waals surface area contributed by atoms with E-state index < -0.39 is 0 Å². The lowest BCUT2D eigenvalue weighted by molar-refractivity contribution is 0.0944. The maximum atomic E-state index is 12.1. The van der Waals surface area contributed by atoms with Gasteiger partial charge in [-0.2, -0.15) is 11.8 Å². The average Bonchev–Trinajstić information content (AvgIpc) is 2.75. The lowest BCUT2D eigenvalue weighted by atomic mass is 10.2. The molecule has 20 heavy (non-hydrogen) atoms. The van der Waals surface area contributed by atoms with Crippen LogP contribution in [0.25, 0.3) is 0 Å². The van der Waals surface area contributed by atoms with Crippen molar-refractivity contribution in [2.75, 3.05) is 29.6 Å². The topological polar surface area (TPSA) is 80.0 Å². The Morgan fingerprint density at radius 3 is 2.75 bits per heavy atom. The number of thiazole rings is 1. The molecule has 1 unspecified atom stereocenters. The largest absolute Gasteiger partial charge is 0.382 e. The second kappa shape index (κ2) is 8.36. The van der Waals surface area contributed by atoms with Crippen molar-refractivity contribution >= 4 is 40.0 Å². The minimum atomic E-state index is -0.133. The van der Waals surface area contributed by atoms with E-state index in [1.807, 2.05) is 6.92 Å². The molecule has 0 fully saturated rings. The summed E-state index contributed by atoms with van der Waals surface area (Å²) >= 11 is 3.08. The van der Waals surface area contributed by atoms with Crippen molar-refractivity contribution in [3.8, 4) is 0 Å². The van der Waals surface area contributed by atoms with Crippen molar-refractivity contribution in [3.05, 3.63) is 4.88 Å². The molecule has 5 nitrogen and oxygen atoms in total. The van der Waals surface area contributed by atoms with Crippen LogP contribution in [0.3, 0.4) is 0 Å². The van der Waals surface area contributed by atoms with E-state index in [1.165, 1.54) is 11.3 Å². The highest BCUT2D eigenvalue weighted by Gasteiger charge is 2.17. The first-order chi connectivity index (χ1) is 9.43. The third-order valence-corrected chi connectivity index (χ3v) is 4.33. The number of aromatic nitrogens is 1. The Labute approximate surface area is 129 Å². The Morgan fingerprint density at radius 2 is 2.15 bits per heavy atom. The van der Waals surface area contributed by atoms with Crippen LogP contribution in [0.5, 0.6) is 0 Å². The van der Waals surface area contributed by atoms with Crippen LogP contribution in [0, 0.1) is 5.92 Å². The van der Waals surface area contributed by atoms with Crippen LogP contribution in [-0.4, -0.2) is 35.5 Å². The van der Waals surface area contributed by atoms with Gasteiger partial charge in [0.1, 0.15) is 10.7 Å². The van der Waals surface area contributed by atoms with Crippen molar-refractivity contribution in [2.24, 2.45) is 5.92 Å². The molecule has 0 radical (unpaired) electrons.